The normalized spacial score (nSPS) is 16.1. The maximum absolute atomic E-state index is 13.1. The number of ether oxygens (including phenoxy) is 1. The summed E-state index contributed by atoms with van der Waals surface area (Å²) in [5.41, 5.74) is 7.21. The molecule has 5 rings (SSSR count). The molecular weight excluding hydrogens is 432 g/mol. The number of halogens is 1. The molecule has 0 bridgehead atoms. The molecule has 10 nitrogen and oxygen atoms in total. The summed E-state index contributed by atoms with van der Waals surface area (Å²) in [7, 11) is 0. The molecule has 0 saturated carbocycles. The second-order valence-corrected chi connectivity index (χ2v) is 7.08. The fourth-order valence-corrected chi connectivity index (χ4v) is 3.44. The monoisotopic (exact) mass is 449 g/mol. The minimum Gasteiger partial charge on any atom is -0.405 e. The number of nitrogen functional groups attached to an aromatic ring is 1. The van der Waals surface area contributed by atoms with E-state index in [2.05, 4.69) is 20.3 Å². The predicted octanol–water partition coefficient (Wildman–Crippen LogP) is -1.56. The van der Waals surface area contributed by atoms with Gasteiger partial charge in [0.25, 0.3) is 5.56 Å². The number of nitrogens with two attached hydrogens (primary N) is 1. The van der Waals surface area contributed by atoms with Crippen molar-refractivity contribution in [2.45, 2.75) is 26.0 Å². The number of rotatable bonds is 4. The average molecular weight is 449 g/mol. The van der Waals surface area contributed by atoms with Gasteiger partial charge in [0.1, 0.15) is 18.7 Å². The summed E-state index contributed by atoms with van der Waals surface area (Å²) < 4.78 is 26.8. The first-order chi connectivity index (χ1) is 14.5. The Balaban J connectivity index is 0.00000231. The SMILES string of the molecule is Cc1c(N)nn2ncn(Cc3nc([C-]4CO[C@@H](c5ccc(F)cc5)C4)no3)c(=O)c12.[K+]. The van der Waals surface area contributed by atoms with Gasteiger partial charge in [0.2, 0.25) is 5.89 Å². The largest absolute Gasteiger partial charge is 1.00 e. The first-order valence-corrected chi connectivity index (χ1v) is 9.25. The molecule has 12 heteroatoms. The van der Waals surface area contributed by atoms with E-state index in [1.54, 1.807) is 19.1 Å². The molecule has 1 fully saturated rings. The fraction of sp³-hybridized carbons (Fsp3) is 0.263. The summed E-state index contributed by atoms with van der Waals surface area (Å²) in [6, 6.07) is 6.21. The van der Waals surface area contributed by atoms with Crippen molar-refractivity contribution in [1.29, 1.82) is 0 Å². The molecule has 2 N–H and O–H groups in total. The van der Waals surface area contributed by atoms with Crippen LogP contribution >= 0.6 is 0 Å². The van der Waals surface area contributed by atoms with Crippen molar-refractivity contribution in [3.8, 4) is 0 Å². The first-order valence-electron chi connectivity index (χ1n) is 9.25. The molecule has 4 aromatic rings. The van der Waals surface area contributed by atoms with E-state index in [4.69, 9.17) is 15.0 Å². The van der Waals surface area contributed by atoms with Gasteiger partial charge in [-0.25, -0.2) is 9.37 Å². The zero-order valence-electron chi connectivity index (χ0n) is 16.9. The van der Waals surface area contributed by atoms with Crippen LogP contribution in [0, 0.1) is 18.7 Å². The van der Waals surface area contributed by atoms with Crippen molar-refractivity contribution in [3.05, 3.63) is 75.5 Å². The van der Waals surface area contributed by atoms with Crippen molar-refractivity contribution in [2.75, 3.05) is 12.3 Å². The van der Waals surface area contributed by atoms with E-state index in [1.165, 1.54) is 27.7 Å². The van der Waals surface area contributed by atoms with Crippen molar-refractivity contribution >= 4 is 11.3 Å². The van der Waals surface area contributed by atoms with Crippen LogP contribution in [0.15, 0.2) is 39.9 Å². The van der Waals surface area contributed by atoms with Gasteiger partial charge >= 0.3 is 51.4 Å². The molecule has 154 valence electrons. The second kappa shape index (κ2) is 8.80. The molecule has 1 aliphatic rings. The van der Waals surface area contributed by atoms with E-state index in [0.717, 1.165) is 11.5 Å². The third-order valence-electron chi connectivity index (χ3n) is 5.13. The van der Waals surface area contributed by atoms with Gasteiger partial charge < -0.3 is 15.0 Å². The number of aromatic nitrogens is 6. The fourth-order valence-electron chi connectivity index (χ4n) is 3.44. The maximum atomic E-state index is 13.1. The number of fused-ring (bicyclic) bond motifs is 1. The van der Waals surface area contributed by atoms with E-state index in [-0.39, 0.29) is 87.1 Å². The van der Waals surface area contributed by atoms with Gasteiger partial charge in [0.15, 0.2) is 11.3 Å². The molecule has 0 amide bonds. The van der Waals surface area contributed by atoms with Crippen LogP contribution in [0.3, 0.4) is 0 Å². The number of anilines is 1. The quantitative estimate of drug-likeness (QED) is 0.293. The minimum atomic E-state index is -0.306. The predicted molar refractivity (Wildman–Crippen MR) is 102 cm³/mol. The van der Waals surface area contributed by atoms with Crippen LogP contribution in [0.4, 0.5) is 10.2 Å². The van der Waals surface area contributed by atoms with Crippen LogP contribution in [0.2, 0.25) is 0 Å². The number of benzene rings is 1. The third kappa shape index (κ3) is 4.18. The van der Waals surface area contributed by atoms with E-state index in [9.17, 15) is 9.18 Å². The van der Waals surface area contributed by atoms with Gasteiger partial charge in [0, 0.05) is 11.4 Å². The minimum absolute atomic E-state index is 0. The standard InChI is InChI=1S/C19H17FN7O3.K/c1-10-16-19(28)26(9-22-27(16)24-17(10)21)7-15-23-18(25-30-15)12-6-14(29-8-12)11-2-4-13(20)5-3-11;/h2-5,9,14H,6-8H2,1H3,(H2,21,24);/q-1;+1/t14-;/m1./s1. The Hall–Kier alpha value is -2.09. The zero-order valence-corrected chi connectivity index (χ0v) is 20.1. The molecule has 1 aromatic carbocycles. The summed E-state index contributed by atoms with van der Waals surface area (Å²) >= 11 is 0. The molecule has 31 heavy (non-hydrogen) atoms. The van der Waals surface area contributed by atoms with Gasteiger partial charge in [-0.1, -0.05) is 23.9 Å². The van der Waals surface area contributed by atoms with Crippen LogP contribution < -0.4 is 62.7 Å². The van der Waals surface area contributed by atoms with Gasteiger partial charge in [-0.05, 0) is 24.6 Å². The molecule has 1 atom stereocenters. The number of hydrogen-bond donors (Lipinski definition) is 1. The molecule has 1 saturated heterocycles. The maximum Gasteiger partial charge on any atom is 1.00 e. The topological polar surface area (TPSA) is 126 Å². The van der Waals surface area contributed by atoms with E-state index in [0.29, 0.717) is 29.9 Å². The average Bonchev–Trinajstić information content (AvgIpc) is 3.45. The van der Waals surface area contributed by atoms with E-state index < -0.39 is 0 Å². The van der Waals surface area contributed by atoms with Gasteiger partial charge in [-0.2, -0.15) is 0 Å². The number of nitrogens with zero attached hydrogens (tertiary/aromatic N) is 6. The summed E-state index contributed by atoms with van der Waals surface area (Å²) in [6.45, 7) is 2.13. The molecule has 1 aliphatic heterocycles. The van der Waals surface area contributed by atoms with Crippen LogP contribution in [-0.4, -0.2) is 36.1 Å². The Bertz CT molecular complexity index is 1280. The zero-order chi connectivity index (χ0) is 20.8. The van der Waals surface area contributed by atoms with Crippen molar-refractivity contribution in [2.24, 2.45) is 0 Å². The third-order valence-corrected chi connectivity index (χ3v) is 5.13. The molecule has 0 aliphatic carbocycles. The van der Waals surface area contributed by atoms with Crippen LogP contribution in [0.1, 0.15) is 35.4 Å². The van der Waals surface area contributed by atoms with E-state index in [1.807, 2.05) is 0 Å². The van der Waals surface area contributed by atoms with Crippen molar-refractivity contribution in [1.82, 2.24) is 29.5 Å². The summed E-state index contributed by atoms with van der Waals surface area (Å²) in [5, 5.41) is 12.1. The summed E-state index contributed by atoms with van der Waals surface area (Å²) in [5.74, 6) is 1.54. The Kier molecular flexibility index (Phi) is 6.28. The molecule has 4 heterocycles. The molecule has 0 radical (unpaired) electrons. The Morgan fingerprint density at radius 3 is 2.87 bits per heavy atom. The summed E-state index contributed by atoms with van der Waals surface area (Å²) in [6.07, 6.45) is 1.74. The van der Waals surface area contributed by atoms with Crippen molar-refractivity contribution in [3.63, 3.8) is 0 Å². The Morgan fingerprint density at radius 2 is 2.10 bits per heavy atom. The van der Waals surface area contributed by atoms with Gasteiger partial charge in [-0.3, -0.25) is 15.3 Å². The van der Waals surface area contributed by atoms with E-state index >= 15 is 0 Å². The van der Waals surface area contributed by atoms with Crippen LogP contribution in [-0.2, 0) is 11.3 Å². The van der Waals surface area contributed by atoms with Crippen molar-refractivity contribution < 1.29 is 65.0 Å². The van der Waals surface area contributed by atoms with Gasteiger partial charge in [-0.15, -0.1) is 21.2 Å². The number of hydrogen-bond acceptors (Lipinski definition) is 8. The summed E-state index contributed by atoms with van der Waals surface area (Å²) in [4.78, 5) is 17.1. The Labute approximate surface area is 218 Å². The molecule has 3 aromatic heterocycles. The van der Waals surface area contributed by atoms with Crippen LogP contribution in [0.5, 0.6) is 0 Å². The first kappa shape index (κ1) is 22.1. The molecule has 0 spiro atoms. The molecular formula is C19H17FKN7O3. The van der Waals surface area contributed by atoms with Gasteiger partial charge in [0.05, 0.1) is 6.10 Å². The number of aryl methyl sites for hydroxylation is 1. The second-order valence-electron chi connectivity index (χ2n) is 7.08. The Morgan fingerprint density at radius 1 is 1.32 bits per heavy atom. The smallest absolute Gasteiger partial charge is 0.405 e. The van der Waals surface area contributed by atoms with Crippen LogP contribution in [0.25, 0.3) is 5.52 Å². The molecule has 0 unspecified atom stereocenters.